The zero-order valence-electron chi connectivity index (χ0n) is 11.1. The van der Waals surface area contributed by atoms with Crippen molar-refractivity contribution in [2.75, 3.05) is 12.4 Å². The van der Waals surface area contributed by atoms with Gasteiger partial charge in [-0.3, -0.25) is 9.89 Å². The van der Waals surface area contributed by atoms with Gasteiger partial charge in [-0.15, -0.1) is 5.10 Å². The zero-order chi connectivity index (χ0) is 14.5. The third kappa shape index (κ3) is 4.38. The highest BCUT2D eigenvalue weighted by atomic mass is 79.9. The van der Waals surface area contributed by atoms with Crippen LogP contribution in [0.4, 0.5) is 0 Å². The number of aromatic amines is 1. The van der Waals surface area contributed by atoms with Crippen LogP contribution < -0.4 is 0 Å². The molecule has 8 heteroatoms. The number of nitrogens with one attached hydrogen (secondary N) is 1. The SMILES string of the molecule is CC(C)COC(=O)CSc1n[nH]c(-c2ccc(Br)o2)n1. The van der Waals surface area contributed by atoms with Crippen LogP contribution in [0.3, 0.4) is 0 Å². The number of esters is 1. The van der Waals surface area contributed by atoms with E-state index in [1.807, 2.05) is 13.8 Å². The molecule has 0 fully saturated rings. The summed E-state index contributed by atoms with van der Waals surface area (Å²) >= 11 is 4.44. The Morgan fingerprint density at radius 2 is 2.35 bits per heavy atom. The molecule has 0 bridgehead atoms. The Balaban J connectivity index is 1.85. The van der Waals surface area contributed by atoms with Crippen LogP contribution in [0, 0.1) is 5.92 Å². The van der Waals surface area contributed by atoms with Crippen molar-refractivity contribution in [1.29, 1.82) is 0 Å². The lowest BCUT2D eigenvalue weighted by atomic mass is 10.2. The van der Waals surface area contributed by atoms with Crippen molar-refractivity contribution in [3.8, 4) is 11.6 Å². The molecule has 1 N–H and O–H groups in total. The maximum absolute atomic E-state index is 11.5. The Kier molecular flexibility index (Phi) is 5.24. The molecule has 0 amide bonds. The number of nitrogens with zero attached hydrogens (tertiary/aromatic N) is 2. The molecule has 20 heavy (non-hydrogen) atoms. The number of halogens is 1. The number of carbonyl (C=O) groups is 1. The number of carbonyl (C=O) groups excluding carboxylic acids is 1. The molecule has 2 rings (SSSR count). The number of aromatic nitrogens is 3. The van der Waals surface area contributed by atoms with Gasteiger partial charge in [0.2, 0.25) is 5.16 Å². The summed E-state index contributed by atoms with van der Waals surface area (Å²) in [6.45, 7) is 4.41. The van der Waals surface area contributed by atoms with E-state index in [4.69, 9.17) is 9.15 Å². The smallest absolute Gasteiger partial charge is 0.316 e. The van der Waals surface area contributed by atoms with Crippen molar-refractivity contribution in [3.63, 3.8) is 0 Å². The molecule has 108 valence electrons. The molecule has 0 aliphatic carbocycles. The lowest BCUT2D eigenvalue weighted by molar-refractivity contribution is -0.141. The summed E-state index contributed by atoms with van der Waals surface area (Å²) in [6.07, 6.45) is 0. The number of rotatable bonds is 6. The van der Waals surface area contributed by atoms with Crippen molar-refractivity contribution in [2.24, 2.45) is 5.92 Å². The van der Waals surface area contributed by atoms with Crippen molar-refractivity contribution in [3.05, 3.63) is 16.8 Å². The summed E-state index contributed by atoms with van der Waals surface area (Å²) in [5.41, 5.74) is 0. The fourth-order valence-corrected chi connectivity index (χ4v) is 2.19. The van der Waals surface area contributed by atoms with Gasteiger partial charge in [0.25, 0.3) is 0 Å². The topological polar surface area (TPSA) is 81.0 Å². The quantitative estimate of drug-likeness (QED) is 0.630. The van der Waals surface area contributed by atoms with E-state index in [0.29, 0.717) is 33.9 Å². The molecule has 0 saturated heterocycles. The lowest BCUT2D eigenvalue weighted by Gasteiger charge is -2.05. The molecule has 0 atom stereocenters. The standard InChI is InChI=1S/C12H14BrN3O3S/c1-7(2)5-18-10(17)6-20-12-14-11(15-16-12)8-3-4-9(13)19-8/h3-4,7H,5-6H2,1-2H3,(H,14,15,16). The molecule has 0 aliphatic rings. The minimum Gasteiger partial charge on any atom is -0.465 e. The third-order valence-electron chi connectivity index (χ3n) is 2.17. The van der Waals surface area contributed by atoms with Crippen LogP contribution in [-0.2, 0) is 9.53 Å². The van der Waals surface area contributed by atoms with Crippen LogP contribution in [0.25, 0.3) is 11.6 Å². The molecular weight excluding hydrogens is 346 g/mol. The Morgan fingerprint density at radius 1 is 1.55 bits per heavy atom. The minimum atomic E-state index is -0.268. The van der Waals surface area contributed by atoms with Crippen LogP contribution in [0.1, 0.15) is 13.8 Å². The summed E-state index contributed by atoms with van der Waals surface area (Å²) in [5, 5.41) is 7.25. The fraction of sp³-hybridized carbons (Fsp3) is 0.417. The van der Waals surface area contributed by atoms with E-state index < -0.39 is 0 Å². The summed E-state index contributed by atoms with van der Waals surface area (Å²) in [6, 6.07) is 3.55. The van der Waals surface area contributed by atoms with Crippen molar-refractivity contribution in [2.45, 2.75) is 19.0 Å². The van der Waals surface area contributed by atoms with Crippen LogP contribution in [-0.4, -0.2) is 33.5 Å². The number of hydrogen-bond acceptors (Lipinski definition) is 6. The maximum Gasteiger partial charge on any atom is 0.316 e. The highest BCUT2D eigenvalue weighted by molar-refractivity contribution is 9.10. The Morgan fingerprint density at radius 3 is 3.00 bits per heavy atom. The first-order valence-electron chi connectivity index (χ1n) is 6.01. The molecule has 0 spiro atoms. The van der Waals surface area contributed by atoms with E-state index >= 15 is 0 Å². The van der Waals surface area contributed by atoms with Gasteiger partial charge in [0.1, 0.15) is 0 Å². The first kappa shape index (κ1) is 15.1. The number of H-pyrrole nitrogens is 1. The molecule has 0 aromatic carbocycles. The Bertz CT molecular complexity index is 582. The lowest BCUT2D eigenvalue weighted by Crippen LogP contribution is -2.11. The van der Waals surface area contributed by atoms with Gasteiger partial charge >= 0.3 is 5.97 Å². The normalized spacial score (nSPS) is 11.0. The van der Waals surface area contributed by atoms with Crippen LogP contribution in [0.5, 0.6) is 0 Å². The molecule has 6 nitrogen and oxygen atoms in total. The van der Waals surface area contributed by atoms with Gasteiger partial charge in [0.05, 0.1) is 12.4 Å². The molecule has 2 aromatic heterocycles. The Hall–Kier alpha value is -1.28. The van der Waals surface area contributed by atoms with E-state index in [9.17, 15) is 4.79 Å². The highest BCUT2D eigenvalue weighted by Gasteiger charge is 2.12. The molecular formula is C12H14BrN3O3S. The maximum atomic E-state index is 11.5. The second kappa shape index (κ2) is 6.94. The van der Waals surface area contributed by atoms with Crippen LogP contribution >= 0.6 is 27.7 Å². The average molecular weight is 360 g/mol. The van der Waals surface area contributed by atoms with E-state index in [1.165, 1.54) is 11.8 Å². The van der Waals surface area contributed by atoms with E-state index in [0.717, 1.165) is 0 Å². The predicted molar refractivity (Wildman–Crippen MR) is 78.3 cm³/mol. The van der Waals surface area contributed by atoms with Gasteiger partial charge in [0.15, 0.2) is 16.3 Å². The van der Waals surface area contributed by atoms with Crippen LogP contribution in [0.15, 0.2) is 26.4 Å². The number of ether oxygens (including phenoxy) is 1. The van der Waals surface area contributed by atoms with Gasteiger partial charge in [-0.2, -0.15) is 4.98 Å². The zero-order valence-corrected chi connectivity index (χ0v) is 13.5. The van der Waals surface area contributed by atoms with Crippen molar-refractivity contribution >= 4 is 33.7 Å². The first-order chi connectivity index (χ1) is 9.54. The predicted octanol–water partition coefficient (Wildman–Crippen LogP) is 3.12. The highest BCUT2D eigenvalue weighted by Crippen LogP contribution is 2.23. The molecule has 2 heterocycles. The summed E-state index contributed by atoms with van der Waals surface area (Å²) in [7, 11) is 0. The van der Waals surface area contributed by atoms with Crippen molar-refractivity contribution < 1.29 is 13.9 Å². The second-order valence-corrected chi connectivity index (χ2v) is 6.16. The van der Waals surface area contributed by atoms with Gasteiger partial charge in [0, 0.05) is 0 Å². The van der Waals surface area contributed by atoms with E-state index in [1.54, 1.807) is 12.1 Å². The summed E-state index contributed by atoms with van der Waals surface area (Å²) in [5.74, 6) is 1.35. The third-order valence-corrected chi connectivity index (χ3v) is 3.42. The fourth-order valence-electron chi connectivity index (χ4n) is 1.29. The molecule has 0 saturated carbocycles. The molecule has 0 aliphatic heterocycles. The summed E-state index contributed by atoms with van der Waals surface area (Å²) in [4.78, 5) is 15.7. The summed E-state index contributed by atoms with van der Waals surface area (Å²) < 4.78 is 11.0. The monoisotopic (exact) mass is 359 g/mol. The van der Waals surface area contributed by atoms with Gasteiger partial charge in [-0.25, -0.2) is 0 Å². The van der Waals surface area contributed by atoms with E-state index in [-0.39, 0.29) is 11.7 Å². The minimum absolute atomic E-state index is 0.186. The second-order valence-electron chi connectivity index (χ2n) is 4.44. The Labute approximate surface area is 128 Å². The average Bonchev–Trinajstić information content (AvgIpc) is 3.02. The van der Waals surface area contributed by atoms with Gasteiger partial charge in [-0.1, -0.05) is 25.6 Å². The number of thioether (sulfide) groups is 1. The van der Waals surface area contributed by atoms with Gasteiger partial charge in [-0.05, 0) is 34.0 Å². The molecule has 0 radical (unpaired) electrons. The largest absolute Gasteiger partial charge is 0.465 e. The number of furan rings is 1. The number of hydrogen-bond donors (Lipinski definition) is 1. The van der Waals surface area contributed by atoms with Gasteiger partial charge < -0.3 is 9.15 Å². The first-order valence-corrected chi connectivity index (χ1v) is 7.79. The molecule has 2 aromatic rings. The molecule has 0 unspecified atom stereocenters. The van der Waals surface area contributed by atoms with Crippen molar-refractivity contribution in [1.82, 2.24) is 15.2 Å². The van der Waals surface area contributed by atoms with Crippen LogP contribution in [0.2, 0.25) is 0 Å². The van der Waals surface area contributed by atoms with E-state index in [2.05, 4.69) is 31.1 Å².